The minimum Gasteiger partial charge on any atom is -0.394 e. The highest BCUT2D eigenvalue weighted by molar-refractivity contribution is 5.77. The number of aliphatic hydroxyl groups is 9. The first-order valence-corrected chi connectivity index (χ1v) is 16.8. The molecule has 3 fully saturated rings. The molecule has 290 valence electrons. The van der Waals surface area contributed by atoms with E-state index in [1.54, 1.807) is 30.3 Å². The summed E-state index contributed by atoms with van der Waals surface area (Å²) >= 11 is 0. The quantitative estimate of drug-likeness (QED) is 0.0785. The molecule has 18 nitrogen and oxygen atoms in total. The predicted molar refractivity (Wildman–Crippen MR) is 172 cm³/mol. The average Bonchev–Trinajstić information content (AvgIpc) is 3.44. The summed E-state index contributed by atoms with van der Waals surface area (Å²) in [6, 6.07) is 16.7. The summed E-state index contributed by atoms with van der Waals surface area (Å²) in [4.78, 5) is 13.1. The summed E-state index contributed by atoms with van der Waals surface area (Å²) < 4.78 is 40.4. The maximum absolute atomic E-state index is 13.1. The van der Waals surface area contributed by atoms with Gasteiger partial charge in [0, 0.05) is 0 Å². The van der Waals surface area contributed by atoms with Crippen LogP contribution in [0.3, 0.4) is 0 Å². The van der Waals surface area contributed by atoms with Gasteiger partial charge in [-0.1, -0.05) is 60.7 Å². The van der Waals surface area contributed by atoms with Crippen molar-refractivity contribution in [3.8, 4) is 0 Å². The van der Waals surface area contributed by atoms with Crippen molar-refractivity contribution in [2.75, 3.05) is 26.4 Å². The van der Waals surface area contributed by atoms with Gasteiger partial charge in [-0.05, 0) is 11.1 Å². The molecule has 0 radical (unpaired) electrons. The van der Waals surface area contributed by atoms with Crippen molar-refractivity contribution in [1.82, 2.24) is 5.32 Å². The van der Waals surface area contributed by atoms with Gasteiger partial charge in [0.1, 0.15) is 79.8 Å². The van der Waals surface area contributed by atoms with E-state index < -0.39 is 124 Å². The van der Waals surface area contributed by atoms with Crippen molar-refractivity contribution in [2.24, 2.45) is 0 Å². The Hall–Kier alpha value is -2.73. The maximum Gasteiger partial charge on any atom is 0.246 e. The SMILES string of the molecule is O=C(COCc1ccccc1)N[C@H]1[C@@H](OCc2ccccc2)O[C@H](CO[C@@H]2O[C@H](CO)[C@H](O)[C@H](O)[C@H]2O)[C@@H](O[C@H]2O[C@H]([C@@H](O)CO)[C@@H](O)[C@@H]2O)[C@@H]1O. The van der Waals surface area contributed by atoms with E-state index in [1.165, 1.54) is 0 Å². The molecule has 10 N–H and O–H groups in total. The summed E-state index contributed by atoms with van der Waals surface area (Å²) in [5.41, 5.74) is 1.53. The summed E-state index contributed by atoms with van der Waals surface area (Å²) in [5.74, 6) is -0.662. The van der Waals surface area contributed by atoms with Crippen LogP contribution in [0.25, 0.3) is 0 Å². The largest absolute Gasteiger partial charge is 0.394 e. The van der Waals surface area contributed by atoms with Crippen LogP contribution in [0.2, 0.25) is 0 Å². The molecule has 1 amide bonds. The number of carbonyl (C=O) groups is 1. The normalized spacial score (nSPS) is 37.1. The smallest absolute Gasteiger partial charge is 0.246 e. The molecule has 0 aliphatic carbocycles. The van der Waals surface area contributed by atoms with Gasteiger partial charge in [-0.15, -0.1) is 0 Å². The van der Waals surface area contributed by atoms with E-state index in [4.69, 9.17) is 33.2 Å². The van der Waals surface area contributed by atoms with Crippen molar-refractivity contribution >= 4 is 5.91 Å². The highest BCUT2D eigenvalue weighted by atomic mass is 16.8. The van der Waals surface area contributed by atoms with Gasteiger partial charge in [-0.3, -0.25) is 4.79 Å². The lowest BCUT2D eigenvalue weighted by atomic mass is 9.96. The van der Waals surface area contributed by atoms with Gasteiger partial charge in [0.15, 0.2) is 18.9 Å². The van der Waals surface area contributed by atoms with E-state index >= 15 is 0 Å². The molecule has 3 heterocycles. The Morgan fingerprint density at radius 1 is 0.692 bits per heavy atom. The molecule has 3 aliphatic rings. The van der Waals surface area contributed by atoms with Crippen molar-refractivity contribution in [3.05, 3.63) is 71.8 Å². The molecule has 2 aromatic carbocycles. The Morgan fingerprint density at radius 3 is 1.94 bits per heavy atom. The van der Waals surface area contributed by atoms with Crippen LogP contribution in [0, 0.1) is 0 Å². The maximum atomic E-state index is 13.1. The molecule has 3 aliphatic heterocycles. The number of rotatable bonds is 16. The number of benzene rings is 2. The highest BCUT2D eigenvalue weighted by Gasteiger charge is 2.53. The second-order valence-corrected chi connectivity index (χ2v) is 12.7. The number of nitrogens with one attached hydrogen (secondary N) is 1. The molecule has 18 heteroatoms. The third kappa shape index (κ3) is 9.87. The van der Waals surface area contributed by atoms with Gasteiger partial charge in [0.05, 0.1) is 33.0 Å². The van der Waals surface area contributed by atoms with Crippen LogP contribution in [0.5, 0.6) is 0 Å². The minimum atomic E-state index is -1.78. The minimum absolute atomic E-state index is 0.0434. The van der Waals surface area contributed by atoms with Gasteiger partial charge in [-0.2, -0.15) is 0 Å². The van der Waals surface area contributed by atoms with E-state index in [-0.39, 0.29) is 13.2 Å². The van der Waals surface area contributed by atoms with E-state index in [9.17, 15) is 50.8 Å². The lowest BCUT2D eigenvalue weighted by Gasteiger charge is -2.46. The summed E-state index contributed by atoms with van der Waals surface area (Å²) in [6.07, 6.45) is -22.4. The van der Waals surface area contributed by atoms with Crippen LogP contribution in [0.1, 0.15) is 11.1 Å². The van der Waals surface area contributed by atoms with Gasteiger partial charge < -0.3 is 84.4 Å². The molecule has 0 aromatic heterocycles. The molecule has 2 aromatic rings. The van der Waals surface area contributed by atoms with Crippen molar-refractivity contribution in [2.45, 2.75) is 105 Å². The zero-order valence-corrected chi connectivity index (χ0v) is 28.0. The summed E-state index contributed by atoms with van der Waals surface area (Å²) in [5, 5.41) is 95.8. The fourth-order valence-electron chi connectivity index (χ4n) is 6.09. The van der Waals surface area contributed by atoms with Crippen molar-refractivity contribution in [3.63, 3.8) is 0 Å². The standard InChI is InChI=1S/C34H47NO17/c36-11-19(38)30-27(43)29(45)34(51-30)52-31-21(15-48-33-28(44)26(42)24(40)20(12-37)49-33)50-32(47-14-18-9-5-2-6-10-18)23(25(31)41)35-22(39)16-46-13-17-7-3-1-4-8-17/h1-10,19-21,23-34,36-38,40-45H,11-16H2,(H,35,39)/t19-,20+,21+,23+,24-,25+,26-,27-,28+,29-,30+,31+,32-,33+,34+/m0/s1. The fraction of sp³-hybridized carbons (Fsp3) is 0.618. The molecule has 0 saturated carbocycles. The Balaban J connectivity index is 1.37. The molecule has 52 heavy (non-hydrogen) atoms. The molecule has 3 saturated heterocycles. The van der Waals surface area contributed by atoms with Gasteiger partial charge in [-0.25, -0.2) is 0 Å². The molecular weight excluding hydrogens is 694 g/mol. The zero-order chi connectivity index (χ0) is 37.4. The van der Waals surface area contributed by atoms with E-state index in [1.807, 2.05) is 30.3 Å². The molecule has 0 unspecified atom stereocenters. The summed E-state index contributed by atoms with van der Waals surface area (Å²) in [7, 11) is 0. The average molecular weight is 742 g/mol. The van der Waals surface area contributed by atoms with Crippen LogP contribution in [0.4, 0.5) is 0 Å². The zero-order valence-electron chi connectivity index (χ0n) is 28.0. The van der Waals surface area contributed by atoms with Crippen molar-refractivity contribution in [1.29, 1.82) is 0 Å². The number of ether oxygens (including phenoxy) is 7. The first-order valence-electron chi connectivity index (χ1n) is 16.8. The predicted octanol–water partition coefficient (Wildman–Crippen LogP) is -4.01. The fourth-order valence-corrected chi connectivity index (χ4v) is 6.09. The Kier molecular flexibility index (Phi) is 14.8. The number of hydrogen-bond donors (Lipinski definition) is 10. The Labute approximate surface area is 298 Å². The lowest BCUT2D eigenvalue weighted by molar-refractivity contribution is -0.335. The monoisotopic (exact) mass is 741 g/mol. The third-order valence-electron chi connectivity index (χ3n) is 8.99. The number of hydrogen-bond acceptors (Lipinski definition) is 17. The second kappa shape index (κ2) is 19.0. The molecular formula is C34H47NO17. The van der Waals surface area contributed by atoms with E-state index in [0.29, 0.717) is 5.56 Å². The third-order valence-corrected chi connectivity index (χ3v) is 8.99. The van der Waals surface area contributed by atoms with Gasteiger partial charge in [0.2, 0.25) is 5.91 Å². The van der Waals surface area contributed by atoms with E-state index in [0.717, 1.165) is 5.56 Å². The molecule has 15 atom stereocenters. The highest BCUT2D eigenvalue weighted by Crippen LogP contribution is 2.32. The topological polar surface area (TPSA) is 276 Å². The van der Waals surface area contributed by atoms with Crippen LogP contribution < -0.4 is 5.32 Å². The molecule has 5 rings (SSSR count). The lowest BCUT2D eigenvalue weighted by Crippen LogP contribution is -2.67. The Morgan fingerprint density at radius 2 is 1.31 bits per heavy atom. The number of carbonyl (C=O) groups excluding carboxylic acids is 1. The van der Waals surface area contributed by atoms with Gasteiger partial charge in [0.25, 0.3) is 0 Å². The van der Waals surface area contributed by atoms with Gasteiger partial charge >= 0.3 is 0 Å². The second-order valence-electron chi connectivity index (χ2n) is 12.7. The van der Waals surface area contributed by atoms with Crippen LogP contribution in [-0.4, -0.2) is 170 Å². The first-order chi connectivity index (χ1) is 25.0. The molecule has 0 bridgehead atoms. The van der Waals surface area contributed by atoms with E-state index in [2.05, 4.69) is 5.32 Å². The number of amides is 1. The first kappa shape index (κ1) is 40.5. The Bertz CT molecular complexity index is 1360. The molecule has 0 spiro atoms. The number of aliphatic hydroxyl groups excluding tert-OH is 9. The van der Waals surface area contributed by atoms with Crippen molar-refractivity contribution < 1.29 is 83.9 Å². The van der Waals surface area contributed by atoms with Crippen LogP contribution >= 0.6 is 0 Å². The van der Waals surface area contributed by atoms with Crippen LogP contribution in [-0.2, 0) is 51.2 Å². The van der Waals surface area contributed by atoms with Crippen LogP contribution in [0.15, 0.2) is 60.7 Å². The summed E-state index contributed by atoms with van der Waals surface area (Å²) in [6.45, 7) is -2.46.